The van der Waals surface area contributed by atoms with Crippen LogP contribution in [0.3, 0.4) is 0 Å². The molecule has 0 aliphatic heterocycles. The SMILES string of the molecule is CC(C)[C@@H](NCCOc1cc(C(F)(F)F)ccc1-c1cc(=O)c2cccc(Cl)c2o1)C(=O)O. The molecule has 1 heterocycles. The van der Waals surface area contributed by atoms with Crippen LogP contribution in [0.2, 0.25) is 5.02 Å². The summed E-state index contributed by atoms with van der Waals surface area (Å²) in [6.45, 7) is 3.40. The minimum Gasteiger partial charge on any atom is -0.491 e. The normalized spacial score (nSPS) is 12.8. The van der Waals surface area contributed by atoms with E-state index in [9.17, 15) is 27.9 Å². The average Bonchev–Trinajstić information content (AvgIpc) is 2.73. The average molecular weight is 484 g/mol. The lowest BCUT2D eigenvalue weighted by Crippen LogP contribution is -2.42. The number of carboxylic acid groups (broad SMARTS) is 1. The monoisotopic (exact) mass is 483 g/mol. The quantitative estimate of drug-likeness (QED) is 0.428. The van der Waals surface area contributed by atoms with Crippen LogP contribution in [0, 0.1) is 5.92 Å². The van der Waals surface area contributed by atoms with Gasteiger partial charge in [-0.25, -0.2) is 0 Å². The maximum Gasteiger partial charge on any atom is 0.416 e. The van der Waals surface area contributed by atoms with E-state index >= 15 is 0 Å². The van der Waals surface area contributed by atoms with Crippen LogP contribution in [0.4, 0.5) is 13.2 Å². The standard InChI is InChI=1S/C23H21ClF3NO5/c1-12(2)20(22(30)31)28-8-9-32-18-10-13(23(25,26)27)6-7-15(18)19-11-17(29)14-4-3-5-16(24)21(14)33-19/h3-7,10-12,20,28H,8-9H2,1-2H3,(H,30,31)/t20-/m1/s1. The minimum absolute atomic E-state index is 0.0112. The van der Waals surface area contributed by atoms with Gasteiger partial charge in [0, 0.05) is 12.6 Å². The molecule has 1 atom stereocenters. The van der Waals surface area contributed by atoms with Crippen LogP contribution in [0.25, 0.3) is 22.3 Å². The van der Waals surface area contributed by atoms with Crippen LogP contribution in [0.5, 0.6) is 5.75 Å². The van der Waals surface area contributed by atoms with Crippen molar-refractivity contribution in [3.63, 3.8) is 0 Å². The van der Waals surface area contributed by atoms with E-state index in [1.165, 1.54) is 12.1 Å². The Hall–Kier alpha value is -3.04. The molecule has 0 radical (unpaired) electrons. The van der Waals surface area contributed by atoms with Crippen molar-refractivity contribution in [3.05, 3.63) is 63.3 Å². The van der Waals surface area contributed by atoms with E-state index in [-0.39, 0.29) is 52.1 Å². The summed E-state index contributed by atoms with van der Waals surface area (Å²) in [4.78, 5) is 23.8. The van der Waals surface area contributed by atoms with Crippen molar-refractivity contribution in [2.45, 2.75) is 26.1 Å². The van der Waals surface area contributed by atoms with Gasteiger partial charge in [-0.15, -0.1) is 0 Å². The molecule has 10 heteroatoms. The van der Waals surface area contributed by atoms with E-state index in [1.54, 1.807) is 19.9 Å². The van der Waals surface area contributed by atoms with Gasteiger partial charge in [-0.05, 0) is 36.2 Å². The van der Waals surface area contributed by atoms with E-state index in [4.69, 9.17) is 20.8 Å². The molecule has 0 aliphatic rings. The van der Waals surface area contributed by atoms with Gasteiger partial charge in [-0.2, -0.15) is 13.2 Å². The predicted octanol–water partition coefficient (Wildman–Crippen LogP) is 5.21. The molecule has 0 bridgehead atoms. The zero-order chi connectivity index (χ0) is 24.3. The number of hydrogen-bond acceptors (Lipinski definition) is 5. The maximum absolute atomic E-state index is 13.3. The van der Waals surface area contributed by atoms with Crippen molar-refractivity contribution < 1.29 is 32.2 Å². The van der Waals surface area contributed by atoms with Gasteiger partial charge in [0.1, 0.15) is 24.2 Å². The van der Waals surface area contributed by atoms with Crippen molar-refractivity contribution in [3.8, 4) is 17.1 Å². The number of carboxylic acids is 1. The molecule has 0 saturated heterocycles. The first-order chi connectivity index (χ1) is 15.5. The van der Waals surface area contributed by atoms with E-state index in [0.29, 0.717) is 0 Å². The number of carbonyl (C=O) groups is 1. The molecule has 3 rings (SSSR count). The lowest BCUT2D eigenvalue weighted by atomic mass is 10.1. The van der Waals surface area contributed by atoms with Crippen LogP contribution in [-0.4, -0.2) is 30.3 Å². The molecule has 0 amide bonds. The molecule has 1 aromatic heterocycles. The first-order valence-corrected chi connectivity index (χ1v) is 10.4. The van der Waals surface area contributed by atoms with Crippen molar-refractivity contribution in [1.29, 1.82) is 0 Å². The summed E-state index contributed by atoms with van der Waals surface area (Å²) in [5, 5.41) is 12.4. The Morgan fingerprint density at radius 2 is 1.94 bits per heavy atom. The van der Waals surface area contributed by atoms with Gasteiger partial charge < -0.3 is 19.6 Å². The molecule has 2 aromatic carbocycles. The summed E-state index contributed by atoms with van der Waals surface area (Å²) in [7, 11) is 0. The maximum atomic E-state index is 13.3. The summed E-state index contributed by atoms with van der Waals surface area (Å²) in [5.41, 5.74) is -1.13. The van der Waals surface area contributed by atoms with E-state index in [1.807, 2.05) is 0 Å². The Morgan fingerprint density at radius 1 is 1.21 bits per heavy atom. The molecule has 0 unspecified atom stereocenters. The third-order valence-electron chi connectivity index (χ3n) is 4.94. The highest BCUT2D eigenvalue weighted by Gasteiger charge is 2.32. The second-order valence-electron chi connectivity index (χ2n) is 7.66. The Kier molecular flexibility index (Phi) is 7.34. The third-order valence-corrected chi connectivity index (χ3v) is 5.24. The van der Waals surface area contributed by atoms with E-state index in [0.717, 1.165) is 24.3 Å². The van der Waals surface area contributed by atoms with E-state index < -0.39 is 29.2 Å². The highest BCUT2D eigenvalue weighted by molar-refractivity contribution is 6.34. The van der Waals surface area contributed by atoms with Crippen LogP contribution in [0.1, 0.15) is 19.4 Å². The van der Waals surface area contributed by atoms with Crippen molar-refractivity contribution in [1.82, 2.24) is 5.32 Å². The molecular weight excluding hydrogens is 463 g/mol. The van der Waals surface area contributed by atoms with Gasteiger partial charge in [0.25, 0.3) is 0 Å². The number of rotatable bonds is 8. The van der Waals surface area contributed by atoms with Gasteiger partial charge in [0.05, 0.1) is 21.5 Å². The summed E-state index contributed by atoms with van der Waals surface area (Å²) >= 11 is 6.13. The van der Waals surface area contributed by atoms with Gasteiger partial charge in [0.15, 0.2) is 11.0 Å². The van der Waals surface area contributed by atoms with Gasteiger partial charge >= 0.3 is 12.1 Å². The largest absolute Gasteiger partial charge is 0.491 e. The molecular formula is C23H21ClF3NO5. The number of benzene rings is 2. The fourth-order valence-electron chi connectivity index (χ4n) is 3.28. The molecule has 176 valence electrons. The number of hydrogen-bond donors (Lipinski definition) is 2. The Balaban J connectivity index is 1.96. The second kappa shape index (κ2) is 9.84. The number of aliphatic carboxylic acids is 1. The smallest absolute Gasteiger partial charge is 0.416 e. The lowest BCUT2D eigenvalue weighted by Gasteiger charge is -2.19. The number of para-hydroxylation sites is 1. The fourth-order valence-corrected chi connectivity index (χ4v) is 3.49. The Labute approximate surface area is 191 Å². The van der Waals surface area contributed by atoms with Crippen LogP contribution >= 0.6 is 11.6 Å². The summed E-state index contributed by atoms with van der Waals surface area (Å²) in [6, 6.07) is 7.78. The number of ether oxygens (including phenoxy) is 1. The first kappa shape index (κ1) is 24.6. The second-order valence-corrected chi connectivity index (χ2v) is 8.07. The van der Waals surface area contributed by atoms with Gasteiger partial charge in [-0.3, -0.25) is 9.59 Å². The van der Waals surface area contributed by atoms with E-state index in [2.05, 4.69) is 5.32 Å². The summed E-state index contributed by atoms with van der Waals surface area (Å²) < 4.78 is 51.1. The minimum atomic E-state index is -4.62. The number of fused-ring (bicyclic) bond motifs is 1. The molecule has 0 aliphatic carbocycles. The zero-order valence-corrected chi connectivity index (χ0v) is 18.5. The zero-order valence-electron chi connectivity index (χ0n) is 17.7. The number of alkyl halides is 3. The molecule has 0 saturated carbocycles. The third kappa shape index (κ3) is 5.66. The van der Waals surface area contributed by atoms with Crippen LogP contribution in [-0.2, 0) is 11.0 Å². The van der Waals surface area contributed by atoms with Gasteiger partial charge in [0.2, 0.25) is 0 Å². The summed E-state index contributed by atoms with van der Waals surface area (Å²) in [6.07, 6.45) is -4.62. The molecule has 2 N–H and O–H groups in total. The molecule has 0 spiro atoms. The van der Waals surface area contributed by atoms with Crippen LogP contribution < -0.4 is 15.5 Å². The van der Waals surface area contributed by atoms with Crippen molar-refractivity contribution >= 4 is 28.5 Å². The number of nitrogens with one attached hydrogen (secondary N) is 1. The molecule has 3 aromatic rings. The van der Waals surface area contributed by atoms with Crippen LogP contribution in [0.15, 0.2) is 51.7 Å². The van der Waals surface area contributed by atoms with Gasteiger partial charge in [-0.1, -0.05) is 31.5 Å². The van der Waals surface area contributed by atoms with Crippen molar-refractivity contribution in [2.24, 2.45) is 5.92 Å². The highest BCUT2D eigenvalue weighted by Crippen LogP contribution is 2.38. The van der Waals surface area contributed by atoms with Crippen molar-refractivity contribution in [2.75, 3.05) is 13.2 Å². The Morgan fingerprint density at radius 3 is 2.58 bits per heavy atom. The molecule has 0 fully saturated rings. The highest BCUT2D eigenvalue weighted by atomic mass is 35.5. The predicted molar refractivity (Wildman–Crippen MR) is 118 cm³/mol. The topological polar surface area (TPSA) is 88.8 Å². The fraction of sp³-hybridized carbons (Fsp3) is 0.304. The Bertz CT molecular complexity index is 1220. The molecule has 6 nitrogen and oxygen atoms in total. The molecule has 33 heavy (non-hydrogen) atoms. The first-order valence-electron chi connectivity index (χ1n) is 10.0. The number of halogens is 4. The summed E-state index contributed by atoms with van der Waals surface area (Å²) in [5.74, 6) is -1.43. The lowest BCUT2D eigenvalue weighted by molar-refractivity contribution is -0.141.